The van der Waals surface area contributed by atoms with Crippen molar-refractivity contribution >= 4 is 12.1 Å². The SMILES string of the molecule is CCCCCCCCCCC(=O)N/N=C/c1ccccc1O. The number of nitrogens with one attached hydrogen (secondary N) is 1. The molecule has 0 spiro atoms. The Bertz CT molecular complexity index is 458. The Labute approximate surface area is 133 Å². The first kappa shape index (κ1) is 18.2. The van der Waals surface area contributed by atoms with Gasteiger partial charge >= 0.3 is 0 Å². The molecule has 0 aliphatic carbocycles. The van der Waals surface area contributed by atoms with Gasteiger partial charge in [-0.25, -0.2) is 5.43 Å². The molecular weight excluding hydrogens is 276 g/mol. The summed E-state index contributed by atoms with van der Waals surface area (Å²) in [5, 5.41) is 13.4. The molecule has 0 fully saturated rings. The van der Waals surface area contributed by atoms with Crippen LogP contribution in [0.15, 0.2) is 29.4 Å². The van der Waals surface area contributed by atoms with E-state index in [9.17, 15) is 9.90 Å². The fourth-order valence-corrected chi connectivity index (χ4v) is 2.25. The van der Waals surface area contributed by atoms with Crippen LogP contribution >= 0.6 is 0 Å². The van der Waals surface area contributed by atoms with Gasteiger partial charge in [-0.05, 0) is 18.6 Å². The minimum Gasteiger partial charge on any atom is -0.507 e. The van der Waals surface area contributed by atoms with Crippen LogP contribution in [0.1, 0.15) is 70.3 Å². The van der Waals surface area contributed by atoms with Gasteiger partial charge in [0.25, 0.3) is 0 Å². The summed E-state index contributed by atoms with van der Waals surface area (Å²) in [6.07, 6.45) is 11.7. The van der Waals surface area contributed by atoms with Crippen LogP contribution in [0.3, 0.4) is 0 Å². The van der Waals surface area contributed by atoms with E-state index in [1.54, 1.807) is 18.2 Å². The minimum absolute atomic E-state index is 0.0716. The van der Waals surface area contributed by atoms with E-state index < -0.39 is 0 Å². The lowest BCUT2D eigenvalue weighted by atomic mass is 10.1. The van der Waals surface area contributed by atoms with Crippen LogP contribution in [0.4, 0.5) is 0 Å². The van der Waals surface area contributed by atoms with Crippen molar-refractivity contribution in [1.82, 2.24) is 5.43 Å². The second kappa shape index (κ2) is 11.8. The average Bonchev–Trinajstić information content (AvgIpc) is 2.52. The van der Waals surface area contributed by atoms with Gasteiger partial charge < -0.3 is 5.11 Å². The Morgan fingerprint density at radius 1 is 1.09 bits per heavy atom. The van der Waals surface area contributed by atoms with Crippen LogP contribution in [0.2, 0.25) is 0 Å². The molecule has 4 nitrogen and oxygen atoms in total. The molecule has 0 aliphatic heterocycles. The molecule has 0 aromatic heterocycles. The molecule has 122 valence electrons. The highest BCUT2D eigenvalue weighted by molar-refractivity contribution is 5.84. The van der Waals surface area contributed by atoms with E-state index in [0.717, 1.165) is 12.8 Å². The van der Waals surface area contributed by atoms with Crippen LogP contribution in [-0.2, 0) is 4.79 Å². The van der Waals surface area contributed by atoms with E-state index in [2.05, 4.69) is 17.5 Å². The molecule has 0 bridgehead atoms. The molecule has 22 heavy (non-hydrogen) atoms. The Morgan fingerprint density at radius 2 is 1.73 bits per heavy atom. The molecule has 2 N–H and O–H groups in total. The first-order valence-electron chi connectivity index (χ1n) is 8.34. The number of phenols is 1. The molecule has 1 aromatic carbocycles. The number of aromatic hydroxyl groups is 1. The van der Waals surface area contributed by atoms with E-state index in [1.807, 2.05) is 6.07 Å². The quantitative estimate of drug-likeness (QED) is 0.362. The number of benzene rings is 1. The fraction of sp³-hybridized carbons (Fsp3) is 0.556. The van der Waals surface area contributed by atoms with Crippen molar-refractivity contribution in [2.24, 2.45) is 5.10 Å². The molecule has 1 rings (SSSR count). The summed E-state index contributed by atoms with van der Waals surface area (Å²) in [5.74, 6) is 0.0845. The number of nitrogens with zero attached hydrogens (tertiary/aromatic N) is 1. The number of unbranched alkanes of at least 4 members (excludes halogenated alkanes) is 7. The largest absolute Gasteiger partial charge is 0.507 e. The van der Waals surface area contributed by atoms with Crippen molar-refractivity contribution in [1.29, 1.82) is 0 Å². The van der Waals surface area contributed by atoms with E-state index in [4.69, 9.17) is 0 Å². The van der Waals surface area contributed by atoms with Gasteiger partial charge in [0.1, 0.15) is 5.75 Å². The summed E-state index contributed by atoms with van der Waals surface area (Å²) in [7, 11) is 0. The second-order valence-electron chi connectivity index (χ2n) is 5.58. The molecule has 4 heteroatoms. The number of amides is 1. The topological polar surface area (TPSA) is 61.7 Å². The van der Waals surface area contributed by atoms with E-state index in [1.165, 1.54) is 44.7 Å². The summed E-state index contributed by atoms with van der Waals surface area (Å²) >= 11 is 0. The highest BCUT2D eigenvalue weighted by atomic mass is 16.3. The fourth-order valence-electron chi connectivity index (χ4n) is 2.25. The lowest BCUT2D eigenvalue weighted by Crippen LogP contribution is -2.16. The average molecular weight is 304 g/mol. The number of carbonyl (C=O) groups is 1. The predicted molar refractivity (Wildman–Crippen MR) is 91.1 cm³/mol. The van der Waals surface area contributed by atoms with Crippen molar-refractivity contribution in [2.75, 3.05) is 0 Å². The third kappa shape index (κ3) is 8.45. The summed E-state index contributed by atoms with van der Waals surface area (Å²) in [6.45, 7) is 2.22. The Kier molecular flexibility index (Phi) is 9.75. The van der Waals surface area contributed by atoms with Crippen LogP contribution in [0.25, 0.3) is 0 Å². The molecule has 1 aromatic rings. The molecule has 0 saturated carbocycles. The van der Waals surface area contributed by atoms with Crippen LogP contribution in [0, 0.1) is 0 Å². The summed E-state index contributed by atoms with van der Waals surface area (Å²) in [4.78, 5) is 11.6. The number of rotatable bonds is 11. The lowest BCUT2D eigenvalue weighted by Gasteiger charge is -2.02. The standard InChI is InChI=1S/C18H28N2O2/c1-2-3-4-5-6-7-8-9-14-18(22)20-19-15-16-12-10-11-13-17(16)21/h10-13,15,21H,2-9,14H2,1H3,(H,20,22)/b19-15+. The number of hydrazone groups is 1. The van der Waals surface area contributed by atoms with E-state index in [0.29, 0.717) is 12.0 Å². The highest BCUT2D eigenvalue weighted by Crippen LogP contribution is 2.12. The molecule has 1 amide bonds. The molecule has 0 atom stereocenters. The van der Waals surface area contributed by atoms with Crippen LogP contribution in [0.5, 0.6) is 5.75 Å². The zero-order valence-electron chi connectivity index (χ0n) is 13.6. The highest BCUT2D eigenvalue weighted by Gasteiger charge is 2.00. The number of para-hydroxylation sites is 1. The molecule has 0 aliphatic rings. The Morgan fingerprint density at radius 3 is 2.41 bits per heavy atom. The van der Waals surface area contributed by atoms with Crippen molar-refractivity contribution in [3.8, 4) is 5.75 Å². The lowest BCUT2D eigenvalue weighted by molar-refractivity contribution is -0.121. The van der Waals surface area contributed by atoms with E-state index in [-0.39, 0.29) is 11.7 Å². The Hall–Kier alpha value is -1.84. The monoisotopic (exact) mass is 304 g/mol. The summed E-state index contributed by atoms with van der Waals surface area (Å²) < 4.78 is 0. The summed E-state index contributed by atoms with van der Waals surface area (Å²) in [5.41, 5.74) is 3.09. The van der Waals surface area contributed by atoms with Crippen LogP contribution < -0.4 is 5.43 Å². The molecule has 0 unspecified atom stereocenters. The van der Waals surface area contributed by atoms with Gasteiger partial charge in [-0.15, -0.1) is 0 Å². The zero-order chi connectivity index (χ0) is 16.0. The smallest absolute Gasteiger partial charge is 0.240 e. The third-order valence-corrected chi connectivity index (χ3v) is 3.59. The first-order chi connectivity index (χ1) is 10.7. The van der Waals surface area contributed by atoms with Gasteiger partial charge in [0.05, 0.1) is 6.21 Å². The minimum atomic E-state index is -0.0716. The predicted octanol–water partition coefficient (Wildman–Crippen LogP) is 4.37. The summed E-state index contributed by atoms with van der Waals surface area (Å²) in [6, 6.07) is 6.88. The van der Waals surface area contributed by atoms with Gasteiger partial charge in [-0.1, -0.05) is 64.0 Å². The van der Waals surface area contributed by atoms with Crippen molar-refractivity contribution in [3.05, 3.63) is 29.8 Å². The Balaban J connectivity index is 2.05. The molecule has 0 saturated heterocycles. The first-order valence-corrected chi connectivity index (χ1v) is 8.34. The zero-order valence-corrected chi connectivity index (χ0v) is 13.6. The van der Waals surface area contributed by atoms with E-state index >= 15 is 0 Å². The molecule has 0 heterocycles. The van der Waals surface area contributed by atoms with Crippen molar-refractivity contribution < 1.29 is 9.90 Å². The van der Waals surface area contributed by atoms with Gasteiger partial charge in [-0.2, -0.15) is 5.10 Å². The second-order valence-corrected chi connectivity index (χ2v) is 5.58. The number of phenolic OH excluding ortho intramolecular Hbond substituents is 1. The normalized spacial score (nSPS) is 11.0. The maximum absolute atomic E-state index is 11.6. The van der Waals surface area contributed by atoms with Crippen LogP contribution in [-0.4, -0.2) is 17.2 Å². The maximum Gasteiger partial charge on any atom is 0.240 e. The number of hydrogen-bond acceptors (Lipinski definition) is 3. The maximum atomic E-state index is 11.6. The molecular formula is C18H28N2O2. The van der Waals surface area contributed by atoms with Gasteiger partial charge in [-0.3, -0.25) is 4.79 Å². The molecule has 0 radical (unpaired) electrons. The van der Waals surface area contributed by atoms with Gasteiger partial charge in [0.15, 0.2) is 0 Å². The number of hydrogen-bond donors (Lipinski definition) is 2. The van der Waals surface area contributed by atoms with Gasteiger partial charge in [0, 0.05) is 12.0 Å². The van der Waals surface area contributed by atoms with Gasteiger partial charge in [0.2, 0.25) is 5.91 Å². The number of carbonyl (C=O) groups excluding carboxylic acids is 1. The van der Waals surface area contributed by atoms with Crippen molar-refractivity contribution in [3.63, 3.8) is 0 Å². The van der Waals surface area contributed by atoms with Crippen molar-refractivity contribution in [2.45, 2.75) is 64.7 Å². The third-order valence-electron chi connectivity index (χ3n) is 3.59.